The fraction of sp³-hybridized carbons (Fsp3) is 0.0952. The quantitative estimate of drug-likeness (QED) is 0.654. The number of hydrogen-bond donors (Lipinski definition) is 2. The van der Waals surface area contributed by atoms with Crippen molar-refractivity contribution in [2.75, 3.05) is 11.6 Å². The summed E-state index contributed by atoms with van der Waals surface area (Å²) in [4.78, 5) is 12.2. The number of anilines is 1. The van der Waals surface area contributed by atoms with Gasteiger partial charge in [-0.2, -0.15) is 0 Å². The molecule has 28 heavy (non-hydrogen) atoms. The smallest absolute Gasteiger partial charge is 0.319 e. The normalized spacial score (nSPS) is 10.9. The lowest BCUT2D eigenvalue weighted by molar-refractivity contribution is 0.251. The molecular formula is C21H20N2O4S. The average Bonchev–Trinajstić information content (AvgIpc) is 2.68. The first-order valence-corrected chi connectivity index (χ1v) is 10.5. The zero-order chi connectivity index (χ0) is 20.0. The van der Waals surface area contributed by atoms with Crippen molar-refractivity contribution in [1.82, 2.24) is 5.32 Å². The summed E-state index contributed by atoms with van der Waals surface area (Å²) in [5.74, 6) is 1.09. The number of amides is 2. The predicted octanol–water partition coefficient (Wildman–Crippen LogP) is 4.20. The lowest BCUT2D eigenvalue weighted by Gasteiger charge is -2.09. The highest BCUT2D eigenvalue weighted by Gasteiger charge is 2.07. The monoisotopic (exact) mass is 396 g/mol. The number of ether oxygens (including phenoxy) is 1. The van der Waals surface area contributed by atoms with Gasteiger partial charge < -0.3 is 15.4 Å². The molecule has 2 amide bonds. The van der Waals surface area contributed by atoms with Crippen LogP contribution in [0.5, 0.6) is 11.5 Å². The number of benzene rings is 3. The van der Waals surface area contributed by atoms with E-state index in [4.69, 9.17) is 4.74 Å². The molecule has 144 valence electrons. The van der Waals surface area contributed by atoms with E-state index in [0.717, 1.165) is 11.8 Å². The number of urea groups is 1. The van der Waals surface area contributed by atoms with Crippen molar-refractivity contribution in [1.29, 1.82) is 0 Å². The third kappa shape index (κ3) is 5.59. The molecular weight excluding hydrogens is 376 g/mol. The zero-order valence-corrected chi connectivity index (χ0v) is 16.1. The SMILES string of the molecule is CS(=O)(=O)c1ccc(Oc2ccc(NC(=O)NCc3ccccc3)cc2)cc1. The van der Waals surface area contributed by atoms with Crippen LogP contribution in [0.15, 0.2) is 83.8 Å². The molecule has 0 fully saturated rings. The van der Waals surface area contributed by atoms with E-state index in [1.165, 1.54) is 12.1 Å². The fourth-order valence-electron chi connectivity index (χ4n) is 2.45. The molecule has 3 rings (SSSR count). The van der Waals surface area contributed by atoms with Crippen molar-refractivity contribution in [2.24, 2.45) is 0 Å². The van der Waals surface area contributed by atoms with E-state index >= 15 is 0 Å². The van der Waals surface area contributed by atoms with Crippen molar-refractivity contribution in [3.8, 4) is 11.5 Å². The van der Waals surface area contributed by atoms with Gasteiger partial charge in [0.2, 0.25) is 0 Å². The van der Waals surface area contributed by atoms with Gasteiger partial charge in [-0.15, -0.1) is 0 Å². The van der Waals surface area contributed by atoms with E-state index in [1.54, 1.807) is 36.4 Å². The highest BCUT2D eigenvalue weighted by atomic mass is 32.2. The van der Waals surface area contributed by atoms with E-state index in [0.29, 0.717) is 23.7 Å². The second-order valence-corrected chi connectivity index (χ2v) is 8.18. The molecule has 7 heteroatoms. The number of carbonyl (C=O) groups excluding carboxylic acids is 1. The molecule has 3 aromatic carbocycles. The first-order valence-electron chi connectivity index (χ1n) is 8.57. The minimum Gasteiger partial charge on any atom is -0.457 e. The Hall–Kier alpha value is -3.32. The predicted molar refractivity (Wildman–Crippen MR) is 108 cm³/mol. The molecule has 0 aromatic heterocycles. The average molecular weight is 396 g/mol. The topological polar surface area (TPSA) is 84.5 Å². The second-order valence-electron chi connectivity index (χ2n) is 6.16. The first-order chi connectivity index (χ1) is 13.4. The highest BCUT2D eigenvalue weighted by Crippen LogP contribution is 2.24. The molecule has 0 bridgehead atoms. The molecule has 0 unspecified atom stereocenters. The minimum absolute atomic E-state index is 0.237. The second kappa shape index (κ2) is 8.58. The van der Waals surface area contributed by atoms with Gasteiger partial charge in [0.05, 0.1) is 4.90 Å². The van der Waals surface area contributed by atoms with E-state index < -0.39 is 9.84 Å². The molecule has 0 saturated carbocycles. The van der Waals surface area contributed by atoms with Gasteiger partial charge in [-0.05, 0) is 54.1 Å². The maximum Gasteiger partial charge on any atom is 0.319 e. The van der Waals surface area contributed by atoms with Gasteiger partial charge in [-0.3, -0.25) is 0 Å². The third-order valence-electron chi connectivity index (χ3n) is 3.90. The number of nitrogens with one attached hydrogen (secondary N) is 2. The minimum atomic E-state index is -3.23. The van der Waals surface area contributed by atoms with Crippen LogP contribution in [0.25, 0.3) is 0 Å². The van der Waals surface area contributed by atoms with E-state index in [-0.39, 0.29) is 10.9 Å². The Morgan fingerprint density at radius 1 is 0.857 bits per heavy atom. The van der Waals surface area contributed by atoms with Crippen molar-refractivity contribution in [2.45, 2.75) is 11.4 Å². The van der Waals surface area contributed by atoms with Gasteiger partial charge in [-0.25, -0.2) is 13.2 Å². The third-order valence-corrected chi connectivity index (χ3v) is 5.02. The van der Waals surface area contributed by atoms with E-state index in [9.17, 15) is 13.2 Å². The first kappa shape index (κ1) is 19.4. The van der Waals surface area contributed by atoms with Crippen molar-refractivity contribution in [3.05, 3.63) is 84.4 Å². The lowest BCUT2D eigenvalue weighted by atomic mass is 10.2. The molecule has 0 spiro atoms. The number of sulfone groups is 1. The fourth-order valence-corrected chi connectivity index (χ4v) is 3.08. The van der Waals surface area contributed by atoms with Gasteiger partial charge in [-0.1, -0.05) is 30.3 Å². The largest absolute Gasteiger partial charge is 0.457 e. The standard InChI is InChI=1S/C21H20N2O4S/c1-28(25,26)20-13-11-19(12-14-20)27-18-9-7-17(8-10-18)23-21(24)22-15-16-5-3-2-4-6-16/h2-14H,15H2,1H3,(H2,22,23,24). The van der Waals surface area contributed by atoms with Gasteiger partial charge in [0.15, 0.2) is 9.84 Å². The molecule has 2 N–H and O–H groups in total. The summed E-state index contributed by atoms with van der Waals surface area (Å²) in [5, 5.41) is 5.54. The Morgan fingerprint density at radius 2 is 1.43 bits per heavy atom. The van der Waals surface area contributed by atoms with Crippen LogP contribution in [0.4, 0.5) is 10.5 Å². The molecule has 0 saturated heterocycles. The van der Waals surface area contributed by atoms with Gasteiger partial charge in [0.25, 0.3) is 0 Å². The van der Waals surface area contributed by atoms with Crippen molar-refractivity contribution < 1.29 is 17.9 Å². The van der Waals surface area contributed by atoms with Crippen molar-refractivity contribution in [3.63, 3.8) is 0 Å². The van der Waals surface area contributed by atoms with Crippen LogP contribution in [-0.2, 0) is 16.4 Å². The Labute approximate surface area is 164 Å². The van der Waals surface area contributed by atoms with Crippen LogP contribution in [0, 0.1) is 0 Å². The lowest BCUT2D eigenvalue weighted by Crippen LogP contribution is -2.28. The summed E-state index contributed by atoms with van der Waals surface area (Å²) in [7, 11) is -3.23. The van der Waals surface area contributed by atoms with Crippen LogP contribution in [-0.4, -0.2) is 20.7 Å². The summed E-state index contributed by atoms with van der Waals surface area (Å²) >= 11 is 0. The Kier molecular flexibility index (Phi) is 5.96. The van der Waals surface area contributed by atoms with Crippen LogP contribution in [0.2, 0.25) is 0 Å². The van der Waals surface area contributed by atoms with Gasteiger partial charge in [0, 0.05) is 18.5 Å². The summed E-state index contributed by atoms with van der Waals surface area (Å²) in [6.07, 6.45) is 1.16. The van der Waals surface area contributed by atoms with Crippen LogP contribution in [0.3, 0.4) is 0 Å². The number of hydrogen-bond acceptors (Lipinski definition) is 4. The molecule has 0 aliphatic heterocycles. The number of carbonyl (C=O) groups is 1. The maximum absolute atomic E-state index is 12.0. The molecule has 3 aromatic rings. The van der Waals surface area contributed by atoms with Crippen LogP contribution < -0.4 is 15.4 Å². The van der Waals surface area contributed by atoms with Gasteiger partial charge >= 0.3 is 6.03 Å². The summed E-state index contributed by atoms with van der Waals surface area (Å²) in [6, 6.07) is 22.4. The zero-order valence-electron chi connectivity index (χ0n) is 15.3. The van der Waals surface area contributed by atoms with E-state index in [2.05, 4.69) is 10.6 Å². The summed E-state index contributed by atoms with van der Waals surface area (Å²) in [5.41, 5.74) is 1.65. The molecule has 0 heterocycles. The molecule has 0 aliphatic rings. The molecule has 0 atom stereocenters. The highest BCUT2D eigenvalue weighted by molar-refractivity contribution is 7.90. The maximum atomic E-state index is 12.0. The van der Waals surface area contributed by atoms with Crippen LogP contribution >= 0.6 is 0 Å². The van der Waals surface area contributed by atoms with Crippen LogP contribution in [0.1, 0.15) is 5.56 Å². The number of rotatable bonds is 6. The van der Waals surface area contributed by atoms with Gasteiger partial charge in [0.1, 0.15) is 11.5 Å². The molecule has 0 radical (unpaired) electrons. The molecule has 6 nitrogen and oxygen atoms in total. The Balaban J connectivity index is 1.54. The summed E-state index contributed by atoms with van der Waals surface area (Å²) in [6.45, 7) is 0.442. The van der Waals surface area contributed by atoms with Crippen molar-refractivity contribution >= 4 is 21.6 Å². The Bertz CT molecular complexity index is 1030. The molecule has 0 aliphatic carbocycles. The summed E-state index contributed by atoms with van der Waals surface area (Å²) < 4.78 is 28.6. The Morgan fingerprint density at radius 3 is 2.00 bits per heavy atom. The van der Waals surface area contributed by atoms with E-state index in [1.807, 2.05) is 30.3 Å².